The summed E-state index contributed by atoms with van der Waals surface area (Å²) in [7, 11) is 0. The van der Waals surface area contributed by atoms with E-state index in [1.165, 1.54) is 19.3 Å². The van der Waals surface area contributed by atoms with Gasteiger partial charge in [0.15, 0.2) is 0 Å². The largest absolute Gasteiger partial charge is 0.322 e. The van der Waals surface area contributed by atoms with E-state index in [0.717, 1.165) is 40.0 Å². The van der Waals surface area contributed by atoms with Crippen LogP contribution in [0.2, 0.25) is 10.0 Å². The number of benzene rings is 3. The molecule has 1 aliphatic heterocycles. The Morgan fingerprint density at radius 2 is 1.61 bits per heavy atom. The minimum absolute atomic E-state index is 0.145. The normalized spacial score (nSPS) is 16.9. The Morgan fingerprint density at radius 1 is 0.895 bits per heavy atom. The van der Waals surface area contributed by atoms with E-state index in [1.54, 1.807) is 24.3 Å². The fourth-order valence-electron chi connectivity index (χ4n) is 5.69. The number of carbonyl (C=O) groups is 1. The highest BCUT2D eigenvalue weighted by atomic mass is 35.5. The third kappa shape index (κ3) is 5.58. The van der Waals surface area contributed by atoms with Crippen LogP contribution in [0, 0.1) is 0 Å². The lowest BCUT2D eigenvalue weighted by molar-refractivity contribution is -0.0348. The Morgan fingerprint density at radius 3 is 2.29 bits per heavy atom. The standard InChI is InChI=1S/C32H33Cl2N3O/c1-31(2)16-5-17-32(3,4)37(31)20-26-12-10-23-18-25(13-15-29(23)35-26)36-30(38)22-8-6-21(7-9-22)27-14-11-24(33)19-28(27)34/h6-15,18-19H,5,16-17,20H2,1-4H3,(H,36,38). The summed E-state index contributed by atoms with van der Waals surface area (Å²) in [6.07, 6.45) is 3.66. The van der Waals surface area contributed by atoms with E-state index in [4.69, 9.17) is 28.2 Å². The molecular formula is C32H33Cl2N3O. The van der Waals surface area contributed by atoms with Gasteiger partial charge in [0, 0.05) is 49.9 Å². The van der Waals surface area contributed by atoms with Crippen LogP contribution in [0.25, 0.3) is 22.0 Å². The molecule has 2 heterocycles. The van der Waals surface area contributed by atoms with Crippen LogP contribution < -0.4 is 5.32 Å². The minimum Gasteiger partial charge on any atom is -0.322 e. The number of rotatable bonds is 5. The zero-order chi connectivity index (χ0) is 27.1. The first-order chi connectivity index (χ1) is 18.0. The number of pyridine rings is 1. The first-order valence-electron chi connectivity index (χ1n) is 13.1. The lowest BCUT2D eigenvalue weighted by Gasteiger charge is -2.52. The number of fused-ring (bicyclic) bond motifs is 1. The molecule has 0 saturated carbocycles. The zero-order valence-corrected chi connectivity index (χ0v) is 23.8. The van der Waals surface area contributed by atoms with E-state index < -0.39 is 0 Å². The number of nitrogens with zero attached hydrogens (tertiary/aromatic N) is 2. The SMILES string of the molecule is CC1(C)CCCC(C)(C)N1Cc1ccc2cc(NC(=O)c3ccc(-c4ccc(Cl)cc4Cl)cc3)ccc2n1. The molecule has 0 aliphatic carbocycles. The molecule has 4 nitrogen and oxygen atoms in total. The quantitative estimate of drug-likeness (QED) is 0.272. The van der Waals surface area contributed by atoms with Gasteiger partial charge >= 0.3 is 0 Å². The highest BCUT2D eigenvalue weighted by Gasteiger charge is 2.41. The van der Waals surface area contributed by atoms with Gasteiger partial charge in [0.2, 0.25) is 0 Å². The van der Waals surface area contributed by atoms with Crippen molar-refractivity contribution in [1.82, 2.24) is 9.88 Å². The second-order valence-electron chi connectivity index (χ2n) is 11.4. The second-order valence-corrected chi connectivity index (χ2v) is 12.3. The van der Waals surface area contributed by atoms with Crippen molar-refractivity contribution in [2.45, 2.75) is 64.6 Å². The molecule has 0 atom stereocenters. The van der Waals surface area contributed by atoms with Crippen LogP contribution in [0.15, 0.2) is 72.8 Å². The summed E-state index contributed by atoms with van der Waals surface area (Å²) < 4.78 is 0. The van der Waals surface area contributed by atoms with Crippen molar-refractivity contribution in [3.8, 4) is 11.1 Å². The molecule has 6 heteroatoms. The molecule has 1 saturated heterocycles. The number of piperidine rings is 1. The van der Waals surface area contributed by atoms with Gasteiger partial charge in [-0.15, -0.1) is 0 Å². The maximum absolute atomic E-state index is 12.9. The molecule has 38 heavy (non-hydrogen) atoms. The number of amides is 1. The van der Waals surface area contributed by atoms with Gasteiger partial charge in [0.05, 0.1) is 11.2 Å². The van der Waals surface area contributed by atoms with Gasteiger partial charge in [0.25, 0.3) is 5.91 Å². The van der Waals surface area contributed by atoms with Crippen molar-refractivity contribution in [1.29, 1.82) is 0 Å². The summed E-state index contributed by atoms with van der Waals surface area (Å²) in [4.78, 5) is 20.5. The van der Waals surface area contributed by atoms with E-state index >= 15 is 0 Å². The lowest BCUT2D eigenvalue weighted by atomic mass is 9.79. The molecule has 0 unspecified atom stereocenters. The van der Waals surface area contributed by atoms with E-state index in [0.29, 0.717) is 15.6 Å². The number of halogens is 2. The predicted octanol–water partition coefficient (Wildman–Crippen LogP) is 9.00. The van der Waals surface area contributed by atoms with Crippen LogP contribution in [-0.2, 0) is 6.54 Å². The van der Waals surface area contributed by atoms with Crippen LogP contribution in [0.4, 0.5) is 5.69 Å². The summed E-state index contributed by atoms with van der Waals surface area (Å²) in [5, 5.41) is 5.17. The van der Waals surface area contributed by atoms with Gasteiger partial charge in [-0.3, -0.25) is 14.7 Å². The van der Waals surface area contributed by atoms with Crippen LogP contribution in [-0.4, -0.2) is 26.9 Å². The molecule has 1 aromatic heterocycles. The summed E-state index contributed by atoms with van der Waals surface area (Å²) in [6, 6.07) is 22.8. The van der Waals surface area contributed by atoms with Crippen LogP contribution in [0.1, 0.15) is 63.0 Å². The van der Waals surface area contributed by atoms with Crippen molar-refractivity contribution in [3.05, 3.63) is 94.1 Å². The Labute approximate surface area is 235 Å². The van der Waals surface area contributed by atoms with Crippen molar-refractivity contribution in [3.63, 3.8) is 0 Å². The maximum atomic E-state index is 12.9. The minimum atomic E-state index is -0.169. The summed E-state index contributed by atoms with van der Waals surface area (Å²) in [5.41, 5.74) is 5.39. The van der Waals surface area contributed by atoms with Crippen molar-refractivity contribution in [2.24, 2.45) is 0 Å². The Bertz CT molecular complexity index is 1480. The third-order valence-corrected chi connectivity index (χ3v) is 8.30. The summed E-state index contributed by atoms with van der Waals surface area (Å²) in [6.45, 7) is 10.2. The number of likely N-dealkylation sites (tertiary alicyclic amines) is 1. The number of nitrogens with one attached hydrogen (secondary N) is 1. The predicted molar refractivity (Wildman–Crippen MR) is 159 cm³/mol. The molecular weight excluding hydrogens is 513 g/mol. The average molecular weight is 547 g/mol. The van der Waals surface area contributed by atoms with Gasteiger partial charge < -0.3 is 5.32 Å². The molecule has 0 bridgehead atoms. The number of hydrogen-bond acceptors (Lipinski definition) is 3. The van der Waals surface area contributed by atoms with Gasteiger partial charge in [0.1, 0.15) is 0 Å². The second kappa shape index (κ2) is 10.3. The third-order valence-electron chi connectivity index (χ3n) is 7.75. The number of hydrogen-bond donors (Lipinski definition) is 1. The first-order valence-corrected chi connectivity index (χ1v) is 13.8. The van der Waals surface area contributed by atoms with E-state index in [2.05, 4.69) is 50.0 Å². The summed E-state index contributed by atoms with van der Waals surface area (Å²) in [5.74, 6) is -0.169. The van der Waals surface area contributed by atoms with Crippen molar-refractivity contribution < 1.29 is 4.79 Å². The molecule has 1 aliphatic rings. The monoisotopic (exact) mass is 545 g/mol. The van der Waals surface area contributed by atoms with E-state index in [1.807, 2.05) is 36.4 Å². The highest BCUT2D eigenvalue weighted by Crippen LogP contribution is 2.39. The van der Waals surface area contributed by atoms with Crippen molar-refractivity contribution in [2.75, 3.05) is 5.32 Å². The Kier molecular flexibility index (Phi) is 7.25. The maximum Gasteiger partial charge on any atom is 0.255 e. The average Bonchev–Trinajstić information content (AvgIpc) is 2.86. The lowest BCUT2D eigenvalue weighted by Crippen LogP contribution is -2.57. The number of aromatic nitrogens is 1. The number of carbonyl (C=O) groups excluding carboxylic acids is 1. The van der Waals surface area contributed by atoms with Gasteiger partial charge in [-0.1, -0.05) is 47.5 Å². The number of anilines is 1. The Balaban J connectivity index is 1.30. The fraction of sp³-hybridized carbons (Fsp3) is 0.312. The van der Waals surface area contributed by atoms with Gasteiger partial charge in [-0.05, 0) is 101 Å². The van der Waals surface area contributed by atoms with Gasteiger partial charge in [-0.25, -0.2) is 0 Å². The molecule has 1 fully saturated rings. The molecule has 3 aromatic carbocycles. The molecule has 196 valence electrons. The van der Waals surface area contributed by atoms with Crippen LogP contribution in [0.3, 0.4) is 0 Å². The smallest absolute Gasteiger partial charge is 0.255 e. The highest BCUT2D eigenvalue weighted by molar-refractivity contribution is 6.36. The van der Waals surface area contributed by atoms with E-state index in [9.17, 15) is 4.79 Å². The first kappa shape index (κ1) is 26.7. The molecule has 1 N–H and O–H groups in total. The molecule has 4 aromatic rings. The van der Waals surface area contributed by atoms with Gasteiger partial charge in [-0.2, -0.15) is 0 Å². The molecule has 0 spiro atoms. The van der Waals surface area contributed by atoms with Crippen LogP contribution >= 0.6 is 23.2 Å². The topological polar surface area (TPSA) is 45.2 Å². The fourth-order valence-corrected chi connectivity index (χ4v) is 6.21. The summed E-state index contributed by atoms with van der Waals surface area (Å²) >= 11 is 12.3. The molecule has 5 rings (SSSR count). The Hall–Kier alpha value is -2.92. The van der Waals surface area contributed by atoms with Crippen molar-refractivity contribution >= 4 is 45.7 Å². The molecule has 0 radical (unpaired) electrons. The van der Waals surface area contributed by atoms with Crippen LogP contribution in [0.5, 0.6) is 0 Å². The zero-order valence-electron chi connectivity index (χ0n) is 22.3. The van der Waals surface area contributed by atoms with E-state index in [-0.39, 0.29) is 17.0 Å². The molecule has 1 amide bonds.